The van der Waals surface area contributed by atoms with Crippen LogP contribution in [0.4, 0.5) is 15.9 Å². The molecule has 0 saturated heterocycles. The number of nitrogens with two attached hydrogens (primary N) is 1. The summed E-state index contributed by atoms with van der Waals surface area (Å²) in [6, 6.07) is 10.9. The molecule has 0 aliphatic carbocycles. The zero-order chi connectivity index (χ0) is 23.0. The predicted molar refractivity (Wildman–Crippen MR) is 127 cm³/mol. The highest BCUT2D eigenvalue weighted by Crippen LogP contribution is 2.40. The van der Waals surface area contributed by atoms with Crippen molar-refractivity contribution in [2.24, 2.45) is 0 Å². The van der Waals surface area contributed by atoms with E-state index in [1.54, 1.807) is 19.4 Å². The van der Waals surface area contributed by atoms with Crippen molar-refractivity contribution in [3.8, 4) is 5.75 Å². The Morgan fingerprint density at radius 1 is 1.16 bits per heavy atom. The van der Waals surface area contributed by atoms with Crippen LogP contribution in [0.1, 0.15) is 29.7 Å². The second-order valence-electron chi connectivity index (χ2n) is 7.73. The molecule has 32 heavy (non-hydrogen) atoms. The predicted octanol–water partition coefficient (Wildman–Crippen LogP) is 6.65. The average molecular weight is 474 g/mol. The van der Waals surface area contributed by atoms with Gasteiger partial charge in [0, 0.05) is 53.9 Å². The van der Waals surface area contributed by atoms with E-state index in [1.807, 2.05) is 19.0 Å². The van der Waals surface area contributed by atoms with Crippen molar-refractivity contribution in [2.75, 3.05) is 24.7 Å². The second kappa shape index (κ2) is 8.88. The lowest BCUT2D eigenvalue weighted by molar-refractivity contribution is 0.227. The number of nitrogens with zero attached hydrogens (tertiary/aromatic N) is 2. The molecule has 0 bridgehead atoms. The highest BCUT2D eigenvalue weighted by molar-refractivity contribution is 6.36. The normalized spacial score (nSPS) is 12.2. The molecule has 166 valence electrons. The van der Waals surface area contributed by atoms with Crippen LogP contribution in [0.3, 0.4) is 0 Å². The summed E-state index contributed by atoms with van der Waals surface area (Å²) in [5.74, 6) is -0.156. The van der Waals surface area contributed by atoms with Crippen molar-refractivity contribution < 1.29 is 13.5 Å². The fourth-order valence-electron chi connectivity index (χ4n) is 3.56. The maximum atomic E-state index is 14.0. The van der Waals surface area contributed by atoms with E-state index in [0.717, 1.165) is 22.2 Å². The van der Waals surface area contributed by atoms with Crippen LogP contribution in [0.5, 0.6) is 5.75 Å². The Morgan fingerprint density at radius 3 is 2.56 bits per heavy atom. The lowest BCUT2D eigenvalue weighted by Crippen LogP contribution is -2.08. The third kappa shape index (κ3) is 4.20. The van der Waals surface area contributed by atoms with Crippen LogP contribution in [0, 0.1) is 5.82 Å². The lowest BCUT2D eigenvalue weighted by atomic mass is 10.0. The summed E-state index contributed by atoms with van der Waals surface area (Å²) in [6.07, 6.45) is 3.30. The Kier molecular flexibility index (Phi) is 6.17. The fraction of sp³-hybridized carbons (Fsp3) is 0.208. The third-order valence-electron chi connectivity index (χ3n) is 5.31. The van der Waals surface area contributed by atoms with Crippen LogP contribution in [0.15, 0.2) is 53.3 Å². The summed E-state index contributed by atoms with van der Waals surface area (Å²) in [4.78, 5) is 6.32. The number of fused-ring (bicyclic) bond motifs is 1. The quantitative estimate of drug-likeness (QED) is 0.317. The first-order valence-electron chi connectivity index (χ1n) is 9.97. The summed E-state index contributed by atoms with van der Waals surface area (Å²) < 4.78 is 25.8. The van der Waals surface area contributed by atoms with Crippen molar-refractivity contribution in [2.45, 2.75) is 19.4 Å². The minimum Gasteiger partial charge on any atom is -0.478 e. The largest absolute Gasteiger partial charge is 0.478 e. The third-order valence-corrected chi connectivity index (χ3v) is 6.02. The first kappa shape index (κ1) is 22.2. The number of halogens is 3. The van der Waals surface area contributed by atoms with Gasteiger partial charge in [-0.05, 0) is 36.8 Å². The second-order valence-corrected chi connectivity index (χ2v) is 8.52. The number of anilines is 2. The van der Waals surface area contributed by atoms with Gasteiger partial charge in [0.25, 0.3) is 0 Å². The van der Waals surface area contributed by atoms with Gasteiger partial charge < -0.3 is 19.8 Å². The van der Waals surface area contributed by atoms with Gasteiger partial charge in [-0.15, -0.1) is 0 Å². The number of hydrogen-bond acceptors (Lipinski definition) is 5. The summed E-state index contributed by atoms with van der Waals surface area (Å²) >= 11 is 12.4. The van der Waals surface area contributed by atoms with Gasteiger partial charge in [0.2, 0.25) is 5.75 Å². The van der Waals surface area contributed by atoms with Crippen LogP contribution in [0.25, 0.3) is 11.0 Å². The van der Waals surface area contributed by atoms with Gasteiger partial charge >= 0.3 is 0 Å². The van der Waals surface area contributed by atoms with Crippen molar-refractivity contribution in [3.63, 3.8) is 0 Å². The molecule has 0 aliphatic heterocycles. The number of furan rings is 1. The van der Waals surface area contributed by atoms with Crippen molar-refractivity contribution in [1.82, 2.24) is 4.98 Å². The summed E-state index contributed by atoms with van der Waals surface area (Å²) in [5, 5.41) is 0.989. The van der Waals surface area contributed by atoms with E-state index in [4.69, 9.17) is 38.1 Å². The van der Waals surface area contributed by atoms with E-state index in [0.29, 0.717) is 22.6 Å². The van der Waals surface area contributed by atoms with E-state index in [2.05, 4.69) is 29.2 Å². The number of nitrogen functional groups attached to an aromatic ring is 1. The Balaban J connectivity index is 1.66. The van der Waals surface area contributed by atoms with Crippen LogP contribution in [-0.2, 0) is 6.42 Å². The van der Waals surface area contributed by atoms with Gasteiger partial charge in [-0.3, -0.25) is 0 Å². The molecule has 2 N–H and O–H groups in total. The first-order chi connectivity index (χ1) is 15.3. The number of aromatic nitrogens is 1. The lowest BCUT2D eigenvalue weighted by Gasteiger charge is -2.18. The molecule has 0 spiro atoms. The van der Waals surface area contributed by atoms with Crippen LogP contribution in [-0.4, -0.2) is 19.1 Å². The molecule has 2 heterocycles. The molecule has 4 rings (SSSR count). The highest BCUT2D eigenvalue weighted by atomic mass is 35.5. The molecule has 5 nitrogen and oxygen atoms in total. The zero-order valence-electron chi connectivity index (χ0n) is 17.8. The highest BCUT2D eigenvalue weighted by Gasteiger charge is 2.23. The SMILES string of the molecule is C[C@@H](Oc1c(N)ncc2c(Cc3ccc(N(C)C)cc3)coc12)c1c(Cl)ccc(F)c1Cl. The van der Waals surface area contributed by atoms with Crippen molar-refractivity contribution >= 4 is 45.7 Å². The van der Waals surface area contributed by atoms with Gasteiger partial charge in [-0.2, -0.15) is 0 Å². The van der Waals surface area contributed by atoms with Gasteiger partial charge in [0.15, 0.2) is 11.4 Å². The Bertz CT molecular complexity index is 1270. The van der Waals surface area contributed by atoms with Gasteiger partial charge in [-0.1, -0.05) is 35.3 Å². The monoisotopic (exact) mass is 473 g/mol. The Labute approximate surface area is 195 Å². The van der Waals surface area contributed by atoms with Crippen LogP contribution in [0.2, 0.25) is 10.0 Å². The zero-order valence-corrected chi connectivity index (χ0v) is 19.3. The topological polar surface area (TPSA) is 64.5 Å². The molecule has 2 aromatic heterocycles. The molecule has 2 aromatic carbocycles. The fourth-order valence-corrected chi connectivity index (χ4v) is 4.24. The summed E-state index contributed by atoms with van der Waals surface area (Å²) in [6.45, 7) is 1.71. The standard InChI is InChI=1S/C24H22Cl2FN3O2/c1-13(20-18(25)8-9-19(27)21(20)26)32-23-22-17(11-29-24(23)28)15(12-31-22)10-14-4-6-16(7-5-14)30(2)3/h4-9,11-13H,10H2,1-3H3,(H2,28,29)/t13-/m1/s1. The minimum absolute atomic E-state index is 0.0926. The number of hydrogen-bond donors (Lipinski definition) is 1. The van der Waals surface area contributed by atoms with Crippen LogP contribution >= 0.6 is 23.2 Å². The molecule has 0 saturated carbocycles. The summed E-state index contributed by atoms with van der Waals surface area (Å²) in [7, 11) is 4.00. The van der Waals surface area contributed by atoms with Gasteiger partial charge in [-0.25, -0.2) is 9.37 Å². The number of rotatable bonds is 6. The van der Waals surface area contributed by atoms with Crippen LogP contribution < -0.4 is 15.4 Å². The molecule has 4 aromatic rings. The molecular formula is C24H22Cl2FN3O2. The number of benzene rings is 2. The molecule has 8 heteroatoms. The number of pyridine rings is 1. The molecule has 0 aliphatic rings. The Morgan fingerprint density at radius 2 is 1.88 bits per heavy atom. The molecule has 0 amide bonds. The van der Waals surface area contributed by atoms with Gasteiger partial charge in [0.05, 0.1) is 11.3 Å². The Hall–Kier alpha value is -2.96. The molecule has 0 unspecified atom stereocenters. The summed E-state index contributed by atoms with van der Waals surface area (Å²) in [5.41, 5.74) is 10.1. The van der Waals surface area contributed by atoms with E-state index >= 15 is 0 Å². The molecular weight excluding hydrogens is 452 g/mol. The first-order valence-corrected chi connectivity index (χ1v) is 10.7. The average Bonchev–Trinajstić information content (AvgIpc) is 3.16. The maximum Gasteiger partial charge on any atom is 0.205 e. The van der Waals surface area contributed by atoms with Crippen molar-refractivity contribution in [3.05, 3.63) is 81.4 Å². The number of ether oxygens (including phenoxy) is 1. The molecule has 0 fully saturated rings. The van der Waals surface area contributed by atoms with E-state index in [1.165, 1.54) is 12.1 Å². The van der Waals surface area contributed by atoms with E-state index in [9.17, 15) is 4.39 Å². The van der Waals surface area contributed by atoms with E-state index < -0.39 is 11.9 Å². The molecule has 1 atom stereocenters. The maximum absolute atomic E-state index is 14.0. The van der Waals surface area contributed by atoms with E-state index in [-0.39, 0.29) is 16.6 Å². The molecule has 0 radical (unpaired) electrons. The van der Waals surface area contributed by atoms with Crippen molar-refractivity contribution in [1.29, 1.82) is 0 Å². The minimum atomic E-state index is -0.687. The smallest absolute Gasteiger partial charge is 0.205 e. The van der Waals surface area contributed by atoms with Gasteiger partial charge in [0.1, 0.15) is 11.9 Å².